The highest BCUT2D eigenvalue weighted by molar-refractivity contribution is 5.75. The van der Waals surface area contributed by atoms with Gasteiger partial charge >= 0.3 is 5.97 Å². The molecule has 0 bridgehead atoms. The summed E-state index contributed by atoms with van der Waals surface area (Å²) >= 11 is 0. The second-order valence-corrected chi connectivity index (χ2v) is 2.96. The first-order valence-electron chi connectivity index (χ1n) is 4.79. The summed E-state index contributed by atoms with van der Waals surface area (Å²) in [7, 11) is 1.91. The molecule has 4 heteroatoms. The lowest BCUT2D eigenvalue weighted by Gasteiger charge is -2.09. The van der Waals surface area contributed by atoms with Gasteiger partial charge in [0, 0.05) is 0 Å². The molecule has 0 saturated carbocycles. The molecule has 0 rings (SSSR count). The molecule has 0 fully saturated rings. The van der Waals surface area contributed by atoms with E-state index in [1.54, 1.807) is 6.92 Å². The van der Waals surface area contributed by atoms with Gasteiger partial charge in [-0.05, 0) is 33.4 Å². The Hall–Kier alpha value is -0.610. The topological polar surface area (TPSA) is 64.3 Å². The molecule has 0 heterocycles. The summed E-state index contributed by atoms with van der Waals surface area (Å²) in [5.74, 6) is -0.285. The number of nitrogens with two attached hydrogens (primary N) is 1. The molecule has 0 aromatic heterocycles. The fraction of sp³-hybridized carbons (Fsp3) is 0.889. The van der Waals surface area contributed by atoms with Crippen molar-refractivity contribution in [2.75, 3.05) is 20.2 Å². The minimum Gasteiger partial charge on any atom is -0.465 e. The molecule has 0 spiro atoms. The number of esters is 1. The first-order valence-corrected chi connectivity index (χ1v) is 4.79. The van der Waals surface area contributed by atoms with Crippen molar-refractivity contribution in [3.63, 3.8) is 0 Å². The first kappa shape index (κ1) is 12.4. The minimum atomic E-state index is -0.447. The molecule has 0 unspecified atom stereocenters. The average Bonchev–Trinajstić information content (AvgIpc) is 2.12. The van der Waals surface area contributed by atoms with Crippen LogP contribution in [0.3, 0.4) is 0 Å². The second-order valence-electron chi connectivity index (χ2n) is 2.96. The number of ether oxygens (including phenoxy) is 1. The van der Waals surface area contributed by atoms with E-state index in [0.717, 1.165) is 19.4 Å². The van der Waals surface area contributed by atoms with Gasteiger partial charge < -0.3 is 15.8 Å². The Morgan fingerprint density at radius 2 is 2.23 bits per heavy atom. The molecule has 0 aromatic carbocycles. The van der Waals surface area contributed by atoms with E-state index >= 15 is 0 Å². The Kier molecular flexibility index (Phi) is 7.63. The smallest absolute Gasteiger partial charge is 0.322 e. The standard InChI is InChI=1S/C9H20N2O2/c1-3-13-9(12)8(10)6-4-5-7-11-2/h8,11H,3-7,10H2,1-2H3/t8-/m0/s1. The number of carbonyl (C=O) groups excluding carboxylic acids is 1. The van der Waals surface area contributed by atoms with E-state index < -0.39 is 6.04 Å². The van der Waals surface area contributed by atoms with Crippen molar-refractivity contribution >= 4 is 5.97 Å². The van der Waals surface area contributed by atoms with Crippen molar-refractivity contribution in [3.05, 3.63) is 0 Å². The van der Waals surface area contributed by atoms with Crippen LogP contribution >= 0.6 is 0 Å². The van der Waals surface area contributed by atoms with Gasteiger partial charge in [0.2, 0.25) is 0 Å². The largest absolute Gasteiger partial charge is 0.465 e. The summed E-state index contributed by atoms with van der Waals surface area (Å²) in [6.07, 6.45) is 2.71. The normalized spacial score (nSPS) is 12.5. The van der Waals surface area contributed by atoms with Gasteiger partial charge in [-0.25, -0.2) is 0 Å². The molecule has 0 saturated heterocycles. The van der Waals surface area contributed by atoms with Crippen molar-refractivity contribution in [2.45, 2.75) is 32.2 Å². The highest BCUT2D eigenvalue weighted by atomic mass is 16.5. The van der Waals surface area contributed by atoms with Crippen LogP contribution in [0.5, 0.6) is 0 Å². The van der Waals surface area contributed by atoms with Gasteiger partial charge in [-0.3, -0.25) is 4.79 Å². The summed E-state index contributed by atoms with van der Waals surface area (Å²) in [4.78, 5) is 11.0. The molecule has 0 aliphatic rings. The van der Waals surface area contributed by atoms with Crippen LogP contribution in [0.1, 0.15) is 26.2 Å². The van der Waals surface area contributed by atoms with Crippen LogP contribution in [0.25, 0.3) is 0 Å². The van der Waals surface area contributed by atoms with Gasteiger partial charge in [-0.1, -0.05) is 6.42 Å². The molecule has 0 radical (unpaired) electrons. The predicted molar refractivity (Wildman–Crippen MR) is 52.4 cm³/mol. The van der Waals surface area contributed by atoms with Gasteiger partial charge in [0.05, 0.1) is 6.61 Å². The zero-order valence-electron chi connectivity index (χ0n) is 8.51. The zero-order valence-corrected chi connectivity index (χ0v) is 8.51. The maximum Gasteiger partial charge on any atom is 0.322 e. The van der Waals surface area contributed by atoms with E-state index in [0.29, 0.717) is 13.0 Å². The third-order valence-electron chi connectivity index (χ3n) is 1.78. The van der Waals surface area contributed by atoms with E-state index in [2.05, 4.69) is 5.32 Å². The third-order valence-corrected chi connectivity index (χ3v) is 1.78. The number of hydrogen-bond donors (Lipinski definition) is 2. The van der Waals surface area contributed by atoms with Crippen LogP contribution < -0.4 is 11.1 Å². The molecule has 0 aromatic rings. The third kappa shape index (κ3) is 6.54. The maximum absolute atomic E-state index is 11.0. The van der Waals surface area contributed by atoms with Crippen LogP contribution in [-0.4, -0.2) is 32.2 Å². The van der Waals surface area contributed by atoms with E-state index in [1.807, 2.05) is 7.05 Å². The summed E-state index contributed by atoms with van der Waals surface area (Å²) in [6, 6.07) is -0.447. The Labute approximate surface area is 79.8 Å². The Balaban J connectivity index is 3.38. The highest BCUT2D eigenvalue weighted by Crippen LogP contribution is 1.99. The van der Waals surface area contributed by atoms with Gasteiger partial charge in [-0.15, -0.1) is 0 Å². The van der Waals surface area contributed by atoms with Crippen molar-refractivity contribution in [1.82, 2.24) is 5.32 Å². The van der Waals surface area contributed by atoms with Crippen LogP contribution in [0, 0.1) is 0 Å². The minimum absolute atomic E-state index is 0.285. The lowest BCUT2D eigenvalue weighted by Crippen LogP contribution is -2.32. The van der Waals surface area contributed by atoms with Gasteiger partial charge in [0.15, 0.2) is 0 Å². The highest BCUT2D eigenvalue weighted by Gasteiger charge is 2.12. The number of carbonyl (C=O) groups is 1. The Morgan fingerprint density at radius 3 is 2.77 bits per heavy atom. The molecule has 0 aliphatic carbocycles. The quantitative estimate of drug-likeness (QED) is 0.444. The van der Waals surface area contributed by atoms with Crippen LogP contribution in [0.2, 0.25) is 0 Å². The fourth-order valence-electron chi connectivity index (χ4n) is 1.03. The van der Waals surface area contributed by atoms with Crippen molar-refractivity contribution in [1.29, 1.82) is 0 Å². The SMILES string of the molecule is CCOC(=O)[C@@H](N)CCCCNC. The number of unbranched alkanes of at least 4 members (excludes halogenated alkanes) is 1. The summed E-state index contributed by atoms with van der Waals surface area (Å²) < 4.78 is 4.78. The van der Waals surface area contributed by atoms with Crippen molar-refractivity contribution < 1.29 is 9.53 Å². The fourth-order valence-corrected chi connectivity index (χ4v) is 1.03. The molecule has 13 heavy (non-hydrogen) atoms. The molecule has 78 valence electrons. The number of hydrogen-bond acceptors (Lipinski definition) is 4. The molecule has 1 atom stereocenters. The van der Waals surface area contributed by atoms with Crippen molar-refractivity contribution in [3.8, 4) is 0 Å². The lowest BCUT2D eigenvalue weighted by atomic mass is 10.1. The van der Waals surface area contributed by atoms with E-state index in [4.69, 9.17) is 10.5 Å². The van der Waals surface area contributed by atoms with E-state index in [1.165, 1.54) is 0 Å². The molecule has 0 aliphatic heterocycles. The summed E-state index contributed by atoms with van der Waals surface area (Å²) in [5, 5.41) is 3.04. The molecule has 3 N–H and O–H groups in total. The number of rotatable bonds is 7. The molecular weight excluding hydrogens is 168 g/mol. The zero-order chi connectivity index (χ0) is 10.1. The van der Waals surface area contributed by atoms with Gasteiger partial charge in [0.25, 0.3) is 0 Å². The van der Waals surface area contributed by atoms with Gasteiger partial charge in [-0.2, -0.15) is 0 Å². The average molecular weight is 188 g/mol. The predicted octanol–water partition coefficient (Wildman–Crippen LogP) is 0.267. The maximum atomic E-state index is 11.0. The first-order chi connectivity index (χ1) is 6.22. The van der Waals surface area contributed by atoms with Crippen LogP contribution in [0.4, 0.5) is 0 Å². The molecular formula is C9H20N2O2. The second kappa shape index (κ2) is 8.01. The number of nitrogens with one attached hydrogen (secondary N) is 1. The van der Waals surface area contributed by atoms with Crippen molar-refractivity contribution in [2.24, 2.45) is 5.73 Å². The van der Waals surface area contributed by atoms with Crippen LogP contribution in [0.15, 0.2) is 0 Å². The van der Waals surface area contributed by atoms with E-state index in [-0.39, 0.29) is 5.97 Å². The molecule has 0 amide bonds. The summed E-state index contributed by atoms with van der Waals surface area (Å²) in [6.45, 7) is 3.16. The Bertz CT molecular complexity index is 140. The monoisotopic (exact) mass is 188 g/mol. The lowest BCUT2D eigenvalue weighted by molar-refractivity contribution is -0.144. The Morgan fingerprint density at radius 1 is 1.54 bits per heavy atom. The van der Waals surface area contributed by atoms with Gasteiger partial charge in [0.1, 0.15) is 6.04 Å². The van der Waals surface area contributed by atoms with E-state index in [9.17, 15) is 4.79 Å². The molecule has 4 nitrogen and oxygen atoms in total. The van der Waals surface area contributed by atoms with Crippen LogP contribution in [-0.2, 0) is 9.53 Å². The summed E-state index contributed by atoms with van der Waals surface area (Å²) in [5.41, 5.74) is 5.59.